The van der Waals surface area contributed by atoms with E-state index >= 15 is 0 Å². The van der Waals surface area contributed by atoms with Crippen molar-refractivity contribution in [3.05, 3.63) is 88.2 Å². The highest BCUT2D eigenvalue weighted by atomic mass is 32.2. The molecule has 0 unspecified atom stereocenters. The molecule has 0 fully saturated rings. The smallest absolute Gasteiger partial charge is 0.270 e. The molecule has 0 aliphatic heterocycles. The van der Waals surface area contributed by atoms with Gasteiger partial charge in [0.15, 0.2) is 5.09 Å². The van der Waals surface area contributed by atoms with E-state index in [4.69, 9.17) is 4.42 Å². The summed E-state index contributed by atoms with van der Waals surface area (Å²) in [4.78, 5) is 11.4. The molecule has 122 valence electrons. The van der Waals surface area contributed by atoms with Gasteiger partial charge in [0.05, 0.1) is 16.6 Å². The number of furan rings is 1. The first-order valence-corrected chi connectivity index (χ1v) is 8.17. The molecular weight excluding hydrogens is 336 g/mol. The van der Waals surface area contributed by atoms with Crippen LogP contribution in [0, 0.1) is 21.4 Å². The van der Waals surface area contributed by atoms with Gasteiger partial charge in [0.1, 0.15) is 5.76 Å². The van der Waals surface area contributed by atoms with Crippen molar-refractivity contribution in [2.24, 2.45) is 0 Å². The Morgan fingerprint density at radius 1 is 1.12 bits per heavy atom. The second kappa shape index (κ2) is 7.51. The number of benzene rings is 2. The summed E-state index contributed by atoms with van der Waals surface area (Å²) in [6.45, 7) is 0. The minimum Gasteiger partial charge on any atom is -0.450 e. The summed E-state index contributed by atoms with van der Waals surface area (Å²) in [5.41, 5.74) is 0.720. The largest absolute Gasteiger partial charge is 0.450 e. The van der Waals surface area contributed by atoms with E-state index in [0.29, 0.717) is 22.0 Å². The van der Waals surface area contributed by atoms with Crippen molar-refractivity contribution in [2.45, 2.75) is 9.99 Å². The number of rotatable bonds is 5. The predicted octanol–water partition coefficient (Wildman–Crippen LogP) is 5.40. The maximum absolute atomic E-state index is 10.9. The van der Waals surface area contributed by atoms with Gasteiger partial charge in [-0.2, -0.15) is 5.26 Å². The first-order valence-electron chi connectivity index (χ1n) is 7.35. The summed E-state index contributed by atoms with van der Waals surface area (Å²) >= 11 is 1.48. The van der Waals surface area contributed by atoms with Gasteiger partial charge in [0.25, 0.3) is 5.69 Å². The summed E-state index contributed by atoms with van der Waals surface area (Å²) in [7, 11) is 0. The van der Waals surface area contributed by atoms with Crippen LogP contribution < -0.4 is 0 Å². The first kappa shape index (κ1) is 16.6. The molecule has 6 heteroatoms. The number of nitrogens with zero attached hydrogens (tertiary/aromatic N) is 2. The van der Waals surface area contributed by atoms with Crippen molar-refractivity contribution in [3.63, 3.8) is 0 Å². The molecule has 3 rings (SSSR count). The van der Waals surface area contributed by atoms with E-state index in [-0.39, 0.29) is 5.69 Å². The number of non-ortho nitro benzene ring substituents is 1. The second-order valence-corrected chi connectivity index (χ2v) is 6.13. The Bertz CT molecular complexity index is 972. The van der Waals surface area contributed by atoms with Crippen LogP contribution in [0.2, 0.25) is 0 Å². The Balaban J connectivity index is 1.85. The molecule has 2 aromatic carbocycles. The molecule has 1 aromatic heterocycles. The zero-order valence-electron chi connectivity index (χ0n) is 13.0. The van der Waals surface area contributed by atoms with Crippen LogP contribution in [0.3, 0.4) is 0 Å². The molecule has 0 N–H and O–H groups in total. The zero-order chi connectivity index (χ0) is 17.6. The van der Waals surface area contributed by atoms with Crippen LogP contribution in [0.15, 0.2) is 81.1 Å². The molecule has 0 aliphatic carbocycles. The minimum atomic E-state index is -0.486. The normalized spacial score (nSPS) is 11.1. The minimum absolute atomic E-state index is 0.0570. The predicted molar refractivity (Wildman–Crippen MR) is 95.9 cm³/mol. The number of nitro benzene ring substituents is 1. The lowest BCUT2D eigenvalue weighted by molar-refractivity contribution is -0.384. The molecule has 0 radical (unpaired) electrons. The lowest BCUT2D eigenvalue weighted by Gasteiger charge is -1.99. The third-order valence-electron chi connectivity index (χ3n) is 3.34. The van der Waals surface area contributed by atoms with Crippen LogP contribution >= 0.6 is 11.8 Å². The van der Waals surface area contributed by atoms with Crippen LogP contribution in [0.25, 0.3) is 11.6 Å². The highest BCUT2D eigenvalue weighted by Crippen LogP contribution is 2.30. The van der Waals surface area contributed by atoms with Gasteiger partial charge in [-0.1, -0.05) is 42.1 Å². The number of nitro groups is 1. The maximum atomic E-state index is 10.9. The second-order valence-electron chi connectivity index (χ2n) is 5.05. The lowest BCUT2D eigenvalue weighted by atomic mass is 10.1. The van der Waals surface area contributed by atoms with Gasteiger partial charge in [-0.15, -0.1) is 0 Å². The molecule has 0 amide bonds. The van der Waals surface area contributed by atoms with Crippen LogP contribution in [0.5, 0.6) is 0 Å². The van der Waals surface area contributed by atoms with Crippen LogP contribution in [0.4, 0.5) is 5.69 Å². The van der Waals surface area contributed by atoms with E-state index in [1.165, 1.54) is 23.9 Å². The fraction of sp³-hybridized carbons (Fsp3) is 0. The average molecular weight is 348 g/mol. The van der Waals surface area contributed by atoms with Crippen molar-refractivity contribution < 1.29 is 9.34 Å². The van der Waals surface area contributed by atoms with Gasteiger partial charge in [-0.3, -0.25) is 10.1 Å². The molecule has 0 saturated carbocycles. The van der Waals surface area contributed by atoms with E-state index in [2.05, 4.69) is 6.07 Å². The van der Waals surface area contributed by atoms with Crippen LogP contribution in [0.1, 0.15) is 11.3 Å². The van der Waals surface area contributed by atoms with Gasteiger partial charge < -0.3 is 4.42 Å². The topological polar surface area (TPSA) is 80.1 Å². The average Bonchev–Trinajstić information content (AvgIpc) is 3.07. The molecule has 3 aromatic rings. The summed E-state index contributed by atoms with van der Waals surface area (Å²) in [5.74, 6) is 0.515. The number of allylic oxidation sites excluding steroid dienone is 1. The van der Waals surface area contributed by atoms with Crippen LogP contribution in [-0.2, 0) is 0 Å². The molecular formula is C19H12N2O3S. The maximum Gasteiger partial charge on any atom is 0.270 e. The van der Waals surface area contributed by atoms with Crippen LogP contribution in [-0.4, -0.2) is 4.92 Å². The molecule has 0 spiro atoms. The Labute approximate surface area is 148 Å². The molecule has 25 heavy (non-hydrogen) atoms. The monoisotopic (exact) mass is 348 g/mol. The SMILES string of the molecule is N#CC(=Cc1ccc(Sc2ccccc2)o1)c1cccc([N+](=O)[O-])c1. The van der Waals surface area contributed by atoms with Crippen molar-refractivity contribution in [3.8, 4) is 6.07 Å². The third-order valence-corrected chi connectivity index (χ3v) is 4.27. The van der Waals surface area contributed by atoms with E-state index in [1.807, 2.05) is 36.4 Å². The molecule has 0 saturated heterocycles. The van der Waals surface area contributed by atoms with E-state index in [1.54, 1.807) is 24.3 Å². The number of hydrogen-bond donors (Lipinski definition) is 0. The van der Waals surface area contributed by atoms with Gasteiger partial charge in [-0.05, 0) is 35.9 Å². The van der Waals surface area contributed by atoms with Gasteiger partial charge >= 0.3 is 0 Å². The van der Waals surface area contributed by atoms with Crippen molar-refractivity contribution in [1.29, 1.82) is 5.26 Å². The van der Waals surface area contributed by atoms with Gasteiger partial charge in [-0.25, -0.2) is 0 Å². The standard InChI is InChI=1S/C19H12N2O3S/c20-13-15(14-5-4-6-16(11-14)21(22)23)12-17-9-10-19(24-17)25-18-7-2-1-3-8-18/h1-12H. The van der Waals surface area contributed by atoms with Gasteiger partial charge in [0.2, 0.25) is 0 Å². The Morgan fingerprint density at radius 2 is 1.92 bits per heavy atom. The molecule has 0 bridgehead atoms. The third kappa shape index (κ3) is 4.16. The summed E-state index contributed by atoms with van der Waals surface area (Å²) < 4.78 is 5.72. The van der Waals surface area contributed by atoms with E-state index in [9.17, 15) is 15.4 Å². The molecule has 0 aliphatic rings. The molecule has 0 atom stereocenters. The van der Waals surface area contributed by atoms with E-state index in [0.717, 1.165) is 4.90 Å². The highest BCUT2D eigenvalue weighted by Gasteiger charge is 2.10. The zero-order valence-corrected chi connectivity index (χ0v) is 13.8. The Hall–Kier alpha value is -3.30. The van der Waals surface area contributed by atoms with Crippen molar-refractivity contribution >= 4 is 29.1 Å². The fourth-order valence-electron chi connectivity index (χ4n) is 2.18. The highest BCUT2D eigenvalue weighted by molar-refractivity contribution is 7.99. The first-order chi connectivity index (χ1) is 12.2. The Kier molecular flexibility index (Phi) is 4.97. The number of hydrogen-bond acceptors (Lipinski definition) is 5. The fourth-order valence-corrected chi connectivity index (χ4v) is 2.98. The quantitative estimate of drug-likeness (QED) is 0.350. The van der Waals surface area contributed by atoms with E-state index < -0.39 is 4.92 Å². The summed E-state index contributed by atoms with van der Waals surface area (Å²) in [5, 5.41) is 21.0. The van der Waals surface area contributed by atoms with Gasteiger partial charge in [0, 0.05) is 17.0 Å². The van der Waals surface area contributed by atoms with Crippen molar-refractivity contribution in [1.82, 2.24) is 0 Å². The molecule has 5 nitrogen and oxygen atoms in total. The Morgan fingerprint density at radius 3 is 2.64 bits per heavy atom. The molecule has 1 heterocycles. The number of nitriles is 1. The summed E-state index contributed by atoms with van der Waals surface area (Å²) in [6.07, 6.45) is 1.58. The lowest BCUT2D eigenvalue weighted by Crippen LogP contribution is -1.89. The summed E-state index contributed by atoms with van der Waals surface area (Å²) in [6, 6.07) is 21.4. The van der Waals surface area contributed by atoms with Crippen molar-refractivity contribution in [2.75, 3.05) is 0 Å².